The van der Waals surface area contributed by atoms with Gasteiger partial charge < -0.3 is 38.3 Å². The highest BCUT2D eigenvalue weighted by atomic mass is 16.4. The Hall–Kier alpha value is -3.02. The van der Waals surface area contributed by atoms with E-state index in [1.165, 1.54) is 0 Å². The molecule has 0 spiro atoms. The van der Waals surface area contributed by atoms with Gasteiger partial charge in [0.25, 0.3) is 0 Å². The lowest BCUT2D eigenvalue weighted by atomic mass is 10.0. The predicted octanol–water partition coefficient (Wildman–Crippen LogP) is -1.16. The quantitative estimate of drug-likeness (QED) is 0.163. The molecule has 0 aliphatic carbocycles. The number of benzene rings is 1. The van der Waals surface area contributed by atoms with E-state index >= 15 is 0 Å². The van der Waals surface area contributed by atoms with Crippen molar-refractivity contribution in [2.45, 2.75) is 63.7 Å². The number of carboxylic acids is 1. The van der Waals surface area contributed by atoms with Gasteiger partial charge in [0, 0.05) is 6.42 Å². The Labute approximate surface area is 200 Å². The van der Waals surface area contributed by atoms with Crippen molar-refractivity contribution in [3.8, 4) is 0 Å². The van der Waals surface area contributed by atoms with Crippen LogP contribution in [0.15, 0.2) is 30.3 Å². The van der Waals surface area contributed by atoms with E-state index in [1.54, 1.807) is 24.3 Å². The lowest BCUT2D eigenvalue weighted by Crippen LogP contribution is -2.58. The molecule has 0 heterocycles. The van der Waals surface area contributed by atoms with Crippen molar-refractivity contribution in [3.05, 3.63) is 35.9 Å². The van der Waals surface area contributed by atoms with Gasteiger partial charge in [0.05, 0.1) is 6.04 Å². The number of carboxylic acid groups (broad SMARTS) is 1. The second-order valence-electron chi connectivity index (χ2n) is 8.60. The van der Waals surface area contributed by atoms with Gasteiger partial charge in [-0.1, -0.05) is 44.2 Å². The molecule has 0 aliphatic rings. The predicted molar refractivity (Wildman–Crippen MR) is 128 cm³/mol. The molecule has 34 heavy (non-hydrogen) atoms. The molecular weight excluding hydrogens is 440 g/mol. The van der Waals surface area contributed by atoms with Crippen LogP contribution in [0.3, 0.4) is 0 Å². The van der Waals surface area contributed by atoms with Crippen LogP contribution < -0.4 is 33.2 Å². The van der Waals surface area contributed by atoms with Crippen molar-refractivity contribution in [3.63, 3.8) is 0 Å². The lowest BCUT2D eigenvalue weighted by Gasteiger charge is -2.26. The number of aliphatic carboxylic acids is 1. The first-order valence-corrected chi connectivity index (χ1v) is 11.4. The van der Waals surface area contributed by atoms with Crippen molar-refractivity contribution in [2.75, 3.05) is 13.1 Å². The number of hydrogen-bond donors (Lipinski definition) is 7. The van der Waals surface area contributed by atoms with Crippen LogP contribution in [0.1, 0.15) is 38.7 Å². The molecule has 1 aromatic carbocycles. The highest BCUT2D eigenvalue weighted by molar-refractivity contribution is 5.94. The number of amides is 3. The summed E-state index contributed by atoms with van der Waals surface area (Å²) >= 11 is 0. The first-order valence-electron chi connectivity index (χ1n) is 11.4. The summed E-state index contributed by atoms with van der Waals surface area (Å²) in [6.07, 6.45) is 0.744. The van der Waals surface area contributed by atoms with E-state index in [9.17, 15) is 24.3 Å². The molecule has 0 saturated heterocycles. The normalized spacial score (nSPS) is 14.5. The summed E-state index contributed by atoms with van der Waals surface area (Å²) in [5.41, 5.74) is 17.5. The summed E-state index contributed by atoms with van der Waals surface area (Å²) in [6, 6.07) is 4.87. The maximum atomic E-state index is 13.0. The molecule has 4 atom stereocenters. The molecule has 11 heteroatoms. The van der Waals surface area contributed by atoms with Gasteiger partial charge in [0.1, 0.15) is 18.1 Å². The Balaban J connectivity index is 2.93. The second-order valence-corrected chi connectivity index (χ2v) is 8.60. The van der Waals surface area contributed by atoms with Gasteiger partial charge in [-0.05, 0) is 43.8 Å². The van der Waals surface area contributed by atoms with Gasteiger partial charge in [0.2, 0.25) is 17.7 Å². The maximum absolute atomic E-state index is 13.0. The van der Waals surface area contributed by atoms with E-state index in [0.29, 0.717) is 0 Å². The lowest BCUT2D eigenvalue weighted by molar-refractivity contribution is -0.142. The number of nitrogens with two attached hydrogens (primary N) is 3. The van der Waals surface area contributed by atoms with Crippen molar-refractivity contribution < 1.29 is 24.3 Å². The number of carbonyl (C=O) groups excluding carboxylic acids is 3. The molecule has 0 radical (unpaired) electrons. The molecule has 0 aromatic heterocycles. The van der Waals surface area contributed by atoms with Gasteiger partial charge >= 0.3 is 5.97 Å². The first kappa shape index (κ1) is 29.0. The molecule has 0 fully saturated rings. The fourth-order valence-electron chi connectivity index (χ4n) is 3.32. The Morgan fingerprint density at radius 1 is 0.824 bits per heavy atom. The van der Waals surface area contributed by atoms with E-state index in [2.05, 4.69) is 16.0 Å². The molecule has 190 valence electrons. The van der Waals surface area contributed by atoms with Crippen molar-refractivity contribution >= 4 is 23.7 Å². The number of carbonyl (C=O) groups is 4. The van der Waals surface area contributed by atoms with Crippen molar-refractivity contribution in [1.82, 2.24) is 16.0 Å². The van der Waals surface area contributed by atoms with Crippen molar-refractivity contribution in [1.29, 1.82) is 0 Å². The largest absolute Gasteiger partial charge is 0.480 e. The number of nitrogens with one attached hydrogen (secondary N) is 3. The topological polar surface area (TPSA) is 203 Å². The zero-order valence-electron chi connectivity index (χ0n) is 19.8. The second kappa shape index (κ2) is 15.0. The zero-order valence-corrected chi connectivity index (χ0v) is 19.8. The molecule has 0 bridgehead atoms. The molecule has 0 unspecified atom stereocenters. The highest BCUT2D eigenvalue weighted by Gasteiger charge is 2.30. The Morgan fingerprint density at radius 3 is 1.88 bits per heavy atom. The van der Waals surface area contributed by atoms with Crippen LogP contribution in [0.2, 0.25) is 0 Å². The fourth-order valence-corrected chi connectivity index (χ4v) is 3.32. The van der Waals surface area contributed by atoms with Gasteiger partial charge in [-0.2, -0.15) is 0 Å². The van der Waals surface area contributed by atoms with Gasteiger partial charge in [-0.15, -0.1) is 0 Å². The Kier molecular flexibility index (Phi) is 12.8. The van der Waals surface area contributed by atoms with Crippen molar-refractivity contribution in [2.24, 2.45) is 23.1 Å². The van der Waals surface area contributed by atoms with Crippen LogP contribution in [0, 0.1) is 5.92 Å². The third-order valence-electron chi connectivity index (χ3n) is 5.14. The van der Waals surface area contributed by atoms with E-state index in [1.807, 2.05) is 19.9 Å². The van der Waals surface area contributed by atoms with Crippen LogP contribution in [-0.2, 0) is 25.6 Å². The molecule has 11 nitrogen and oxygen atoms in total. The number of rotatable bonds is 15. The zero-order chi connectivity index (χ0) is 25.7. The van der Waals surface area contributed by atoms with Gasteiger partial charge in [-0.25, -0.2) is 4.79 Å². The minimum absolute atomic E-state index is 0.0222. The van der Waals surface area contributed by atoms with E-state index in [-0.39, 0.29) is 44.7 Å². The molecule has 1 rings (SSSR count). The summed E-state index contributed by atoms with van der Waals surface area (Å²) in [5, 5.41) is 17.3. The third-order valence-corrected chi connectivity index (χ3v) is 5.14. The summed E-state index contributed by atoms with van der Waals surface area (Å²) in [4.78, 5) is 49.9. The molecule has 3 amide bonds. The standard InChI is InChI=1S/C23H38N6O5/c1-14(2)12-18(22(32)29-19(23(33)34)13-15-6-4-3-5-7-15)28-21(31)17(9-11-25)27-20(30)16(26)8-10-24/h3-7,14,16-19H,8-13,24-26H2,1-2H3,(H,27,30)(H,28,31)(H,29,32)(H,33,34)/t16-,17-,18+,19-/m0/s1. The number of hydrogen-bond acceptors (Lipinski definition) is 7. The van der Waals surface area contributed by atoms with Crippen LogP contribution in [0.5, 0.6) is 0 Å². The monoisotopic (exact) mass is 478 g/mol. The Morgan fingerprint density at radius 2 is 1.35 bits per heavy atom. The molecule has 10 N–H and O–H groups in total. The fraction of sp³-hybridized carbons (Fsp3) is 0.565. The Bertz CT molecular complexity index is 804. The van der Waals surface area contributed by atoms with Crippen LogP contribution >= 0.6 is 0 Å². The molecule has 0 saturated carbocycles. The van der Waals surface area contributed by atoms with Crippen LogP contribution in [0.4, 0.5) is 0 Å². The van der Waals surface area contributed by atoms with Gasteiger partial charge in [0.15, 0.2) is 0 Å². The van der Waals surface area contributed by atoms with E-state index in [0.717, 1.165) is 5.56 Å². The molecule has 0 aliphatic heterocycles. The van der Waals surface area contributed by atoms with E-state index < -0.39 is 47.9 Å². The average molecular weight is 479 g/mol. The molecular formula is C23H38N6O5. The summed E-state index contributed by atoms with van der Waals surface area (Å²) in [7, 11) is 0. The van der Waals surface area contributed by atoms with Crippen LogP contribution in [0.25, 0.3) is 0 Å². The maximum Gasteiger partial charge on any atom is 0.326 e. The SMILES string of the molecule is CC(C)C[C@@H](NC(=O)[C@H](CCN)NC(=O)[C@@H](N)CCN)C(=O)N[C@@H](Cc1ccccc1)C(=O)O. The first-order chi connectivity index (χ1) is 16.1. The van der Waals surface area contributed by atoms with Gasteiger partial charge in [-0.3, -0.25) is 14.4 Å². The highest BCUT2D eigenvalue weighted by Crippen LogP contribution is 2.09. The summed E-state index contributed by atoms with van der Waals surface area (Å²) < 4.78 is 0. The minimum Gasteiger partial charge on any atom is -0.480 e. The van der Waals surface area contributed by atoms with E-state index in [4.69, 9.17) is 17.2 Å². The smallest absolute Gasteiger partial charge is 0.326 e. The average Bonchev–Trinajstić information content (AvgIpc) is 2.78. The summed E-state index contributed by atoms with van der Waals surface area (Å²) in [5.74, 6) is -2.93. The molecule has 1 aromatic rings. The third kappa shape index (κ3) is 10.3. The van der Waals surface area contributed by atoms with Crippen LogP contribution in [-0.4, -0.2) is 66.1 Å². The minimum atomic E-state index is -1.19. The summed E-state index contributed by atoms with van der Waals surface area (Å²) in [6.45, 7) is 4.07.